The van der Waals surface area contributed by atoms with Gasteiger partial charge < -0.3 is 10.1 Å². The second kappa shape index (κ2) is 6.20. The SMILES string of the molecule is COC(=O)c1ccc(CNC2(C)CCCCC2)cc1. The van der Waals surface area contributed by atoms with Crippen LogP contribution in [0.4, 0.5) is 0 Å². The molecule has 1 aliphatic carbocycles. The fourth-order valence-corrected chi connectivity index (χ4v) is 2.70. The lowest BCUT2D eigenvalue weighted by Gasteiger charge is -2.34. The fraction of sp³-hybridized carbons (Fsp3) is 0.562. The highest BCUT2D eigenvalue weighted by atomic mass is 16.5. The molecule has 19 heavy (non-hydrogen) atoms. The average Bonchev–Trinajstić information content (AvgIpc) is 2.46. The van der Waals surface area contributed by atoms with Crippen LogP contribution >= 0.6 is 0 Å². The van der Waals surface area contributed by atoms with E-state index in [1.165, 1.54) is 44.8 Å². The molecule has 1 aromatic carbocycles. The molecule has 0 saturated heterocycles. The normalized spacial score (nSPS) is 18.0. The molecule has 3 heteroatoms. The summed E-state index contributed by atoms with van der Waals surface area (Å²) in [5.74, 6) is -0.279. The number of esters is 1. The number of hydrogen-bond donors (Lipinski definition) is 1. The Hall–Kier alpha value is -1.35. The van der Waals surface area contributed by atoms with Gasteiger partial charge >= 0.3 is 5.97 Å². The van der Waals surface area contributed by atoms with Crippen LogP contribution in [0, 0.1) is 0 Å². The van der Waals surface area contributed by atoms with Gasteiger partial charge in [0.15, 0.2) is 0 Å². The van der Waals surface area contributed by atoms with E-state index in [1.54, 1.807) is 0 Å². The molecule has 0 aromatic heterocycles. The van der Waals surface area contributed by atoms with Crippen molar-refractivity contribution in [2.45, 2.75) is 51.1 Å². The van der Waals surface area contributed by atoms with Crippen LogP contribution < -0.4 is 5.32 Å². The number of hydrogen-bond acceptors (Lipinski definition) is 3. The molecule has 1 aromatic rings. The van der Waals surface area contributed by atoms with Crippen LogP contribution in [0.1, 0.15) is 54.9 Å². The first-order chi connectivity index (χ1) is 9.13. The zero-order valence-electron chi connectivity index (χ0n) is 11.9. The third kappa shape index (κ3) is 3.80. The van der Waals surface area contributed by atoms with Gasteiger partial charge in [-0.2, -0.15) is 0 Å². The van der Waals surface area contributed by atoms with Gasteiger partial charge in [-0.15, -0.1) is 0 Å². The highest BCUT2D eigenvalue weighted by molar-refractivity contribution is 5.89. The summed E-state index contributed by atoms with van der Waals surface area (Å²) < 4.78 is 4.69. The molecule has 2 rings (SSSR count). The first-order valence-electron chi connectivity index (χ1n) is 7.05. The molecule has 0 atom stereocenters. The Morgan fingerprint density at radius 2 is 1.84 bits per heavy atom. The molecule has 1 aliphatic rings. The molecule has 1 fully saturated rings. The molecular weight excluding hydrogens is 238 g/mol. The molecule has 1 N–H and O–H groups in total. The number of carbonyl (C=O) groups is 1. The average molecular weight is 261 g/mol. The number of carbonyl (C=O) groups excluding carboxylic acids is 1. The second-order valence-electron chi connectivity index (χ2n) is 5.66. The maximum Gasteiger partial charge on any atom is 0.337 e. The van der Waals surface area contributed by atoms with Crippen molar-refractivity contribution < 1.29 is 9.53 Å². The Kier molecular flexibility index (Phi) is 4.59. The van der Waals surface area contributed by atoms with Crippen LogP contribution in [0.5, 0.6) is 0 Å². The Morgan fingerprint density at radius 1 is 1.21 bits per heavy atom. The molecule has 0 bridgehead atoms. The molecule has 0 radical (unpaired) electrons. The number of ether oxygens (including phenoxy) is 1. The minimum atomic E-state index is -0.279. The van der Waals surface area contributed by atoms with Crippen molar-refractivity contribution in [3.8, 4) is 0 Å². The topological polar surface area (TPSA) is 38.3 Å². The number of benzene rings is 1. The minimum Gasteiger partial charge on any atom is -0.465 e. The summed E-state index contributed by atoms with van der Waals surface area (Å²) >= 11 is 0. The molecule has 0 aliphatic heterocycles. The van der Waals surface area contributed by atoms with Gasteiger partial charge in [-0.25, -0.2) is 4.79 Å². The minimum absolute atomic E-state index is 0.277. The van der Waals surface area contributed by atoms with Gasteiger partial charge in [0.1, 0.15) is 0 Å². The Bertz CT molecular complexity index is 419. The van der Waals surface area contributed by atoms with E-state index in [4.69, 9.17) is 4.74 Å². The van der Waals surface area contributed by atoms with E-state index in [1.807, 2.05) is 24.3 Å². The molecule has 3 nitrogen and oxygen atoms in total. The van der Waals surface area contributed by atoms with E-state index in [2.05, 4.69) is 12.2 Å². The predicted molar refractivity (Wildman–Crippen MR) is 76.1 cm³/mol. The largest absolute Gasteiger partial charge is 0.465 e. The summed E-state index contributed by atoms with van der Waals surface area (Å²) in [6.45, 7) is 3.17. The standard InChI is InChI=1S/C16H23NO2/c1-16(10-4-3-5-11-16)17-12-13-6-8-14(9-7-13)15(18)19-2/h6-9,17H,3-5,10-12H2,1-2H3. The molecule has 0 spiro atoms. The number of methoxy groups -OCH3 is 1. The fourth-order valence-electron chi connectivity index (χ4n) is 2.70. The Morgan fingerprint density at radius 3 is 2.42 bits per heavy atom. The van der Waals surface area contributed by atoms with Gasteiger partial charge in [0.2, 0.25) is 0 Å². The monoisotopic (exact) mass is 261 g/mol. The van der Waals surface area contributed by atoms with E-state index in [0.29, 0.717) is 5.56 Å². The van der Waals surface area contributed by atoms with Crippen LogP contribution in [0.2, 0.25) is 0 Å². The maximum atomic E-state index is 11.3. The molecule has 1 saturated carbocycles. The van der Waals surface area contributed by atoms with Crippen LogP contribution in [0.15, 0.2) is 24.3 Å². The lowest BCUT2D eigenvalue weighted by Crippen LogP contribution is -2.43. The van der Waals surface area contributed by atoms with Crippen LogP contribution in [0.3, 0.4) is 0 Å². The lowest BCUT2D eigenvalue weighted by atomic mass is 9.83. The number of rotatable bonds is 4. The van der Waals surface area contributed by atoms with E-state index < -0.39 is 0 Å². The summed E-state index contributed by atoms with van der Waals surface area (Å²) in [6.07, 6.45) is 6.53. The Balaban J connectivity index is 1.91. The first-order valence-corrected chi connectivity index (χ1v) is 7.05. The maximum absolute atomic E-state index is 11.3. The van der Waals surface area contributed by atoms with E-state index in [-0.39, 0.29) is 11.5 Å². The van der Waals surface area contributed by atoms with Crippen molar-refractivity contribution in [2.24, 2.45) is 0 Å². The summed E-state index contributed by atoms with van der Waals surface area (Å²) in [4.78, 5) is 11.3. The molecular formula is C16H23NO2. The predicted octanol–water partition coefficient (Wildman–Crippen LogP) is 3.29. The van der Waals surface area contributed by atoms with Crippen LogP contribution in [-0.4, -0.2) is 18.6 Å². The van der Waals surface area contributed by atoms with Crippen molar-refractivity contribution in [3.05, 3.63) is 35.4 Å². The summed E-state index contributed by atoms with van der Waals surface area (Å²) in [6, 6.07) is 7.63. The van der Waals surface area contributed by atoms with Crippen LogP contribution in [0.25, 0.3) is 0 Å². The van der Waals surface area contributed by atoms with Crippen molar-refractivity contribution in [1.82, 2.24) is 5.32 Å². The zero-order chi connectivity index (χ0) is 13.7. The highest BCUT2D eigenvalue weighted by Gasteiger charge is 2.25. The van der Waals surface area contributed by atoms with Gasteiger partial charge in [-0.05, 0) is 37.5 Å². The van der Waals surface area contributed by atoms with Gasteiger partial charge in [0, 0.05) is 12.1 Å². The van der Waals surface area contributed by atoms with Gasteiger partial charge in [0.25, 0.3) is 0 Å². The third-order valence-corrected chi connectivity index (χ3v) is 4.05. The summed E-state index contributed by atoms with van der Waals surface area (Å²) in [5.41, 5.74) is 2.09. The molecule has 0 heterocycles. The molecule has 0 amide bonds. The quantitative estimate of drug-likeness (QED) is 0.845. The smallest absolute Gasteiger partial charge is 0.337 e. The molecule has 104 valence electrons. The van der Waals surface area contributed by atoms with Crippen molar-refractivity contribution in [2.75, 3.05) is 7.11 Å². The van der Waals surface area contributed by atoms with Crippen molar-refractivity contribution in [3.63, 3.8) is 0 Å². The van der Waals surface area contributed by atoms with Gasteiger partial charge in [-0.3, -0.25) is 0 Å². The number of nitrogens with one attached hydrogen (secondary N) is 1. The van der Waals surface area contributed by atoms with Gasteiger partial charge in [-0.1, -0.05) is 31.4 Å². The lowest BCUT2D eigenvalue weighted by molar-refractivity contribution is 0.0600. The van der Waals surface area contributed by atoms with Gasteiger partial charge in [0.05, 0.1) is 12.7 Å². The second-order valence-corrected chi connectivity index (χ2v) is 5.66. The Labute approximate surface area is 115 Å². The van der Waals surface area contributed by atoms with E-state index in [9.17, 15) is 4.79 Å². The summed E-state index contributed by atoms with van der Waals surface area (Å²) in [5, 5.41) is 3.66. The third-order valence-electron chi connectivity index (χ3n) is 4.05. The molecule has 0 unspecified atom stereocenters. The summed E-state index contributed by atoms with van der Waals surface area (Å²) in [7, 11) is 1.40. The van der Waals surface area contributed by atoms with Crippen molar-refractivity contribution in [1.29, 1.82) is 0 Å². The van der Waals surface area contributed by atoms with E-state index >= 15 is 0 Å². The zero-order valence-corrected chi connectivity index (χ0v) is 11.9. The highest BCUT2D eigenvalue weighted by Crippen LogP contribution is 2.27. The van der Waals surface area contributed by atoms with Crippen molar-refractivity contribution >= 4 is 5.97 Å². The first kappa shape index (κ1) is 14.1. The van der Waals surface area contributed by atoms with Crippen LogP contribution in [-0.2, 0) is 11.3 Å². The van der Waals surface area contributed by atoms with E-state index in [0.717, 1.165) is 6.54 Å².